The van der Waals surface area contributed by atoms with Crippen molar-refractivity contribution < 1.29 is 33.4 Å². The highest BCUT2D eigenvalue weighted by molar-refractivity contribution is 5.97. The monoisotopic (exact) mass is 638 g/mol. The van der Waals surface area contributed by atoms with E-state index in [-0.39, 0.29) is 50.2 Å². The van der Waals surface area contributed by atoms with Gasteiger partial charge in [-0.3, -0.25) is 14.4 Å². The molecule has 2 aliphatic heterocycles. The number of hydrogen-bond donors (Lipinski definition) is 1. The molecule has 1 aromatic carbocycles. The predicted octanol–water partition coefficient (Wildman–Crippen LogP) is 3.28. The molecular weight excluding hydrogens is 592 g/mol. The molecule has 2 saturated heterocycles. The summed E-state index contributed by atoms with van der Waals surface area (Å²) < 4.78 is 16.1. The molecule has 1 aromatic heterocycles. The zero-order valence-electron chi connectivity index (χ0n) is 27.5. The molecule has 46 heavy (non-hydrogen) atoms. The van der Waals surface area contributed by atoms with Gasteiger partial charge in [0.25, 0.3) is 5.91 Å². The van der Waals surface area contributed by atoms with E-state index in [1.54, 1.807) is 50.7 Å². The summed E-state index contributed by atoms with van der Waals surface area (Å²) in [5.74, 6) is -0.370. The number of amides is 3. The second kappa shape index (κ2) is 15.8. The fraction of sp³-hybridized carbons (Fsp3) is 0.576. The van der Waals surface area contributed by atoms with Gasteiger partial charge in [0.1, 0.15) is 23.2 Å². The SMILES string of the molecule is CCOC(=O)N1CCN(C(=O)C(CCC(=O)OC(C)(C)C)NC(=O)c2cc(N3CCC(OC)CC3)nc(-c3ccccc3)n2)CC1. The van der Waals surface area contributed by atoms with E-state index in [2.05, 4.69) is 15.2 Å². The van der Waals surface area contributed by atoms with Crippen LogP contribution >= 0.6 is 0 Å². The summed E-state index contributed by atoms with van der Waals surface area (Å²) in [5.41, 5.74) is 0.175. The summed E-state index contributed by atoms with van der Waals surface area (Å²) >= 11 is 0. The van der Waals surface area contributed by atoms with Gasteiger partial charge >= 0.3 is 12.1 Å². The van der Waals surface area contributed by atoms with E-state index in [0.29, 0.717) is 37.8 Å². The van der Waals surface area contributed by atoms with Crippen molar-refractivity contribution in [3.05, 3.63) is 42.1 Å². The zero-order valence-corrected chi connectivity index (χ0v) is 27.5. The molecule has 2 aromatic rings. The van der Waals surface area contributed by atoms with E-state index < -0.39 is 29.6 Å². The van der Waals surface area contributed by atoms with Gasteiger partial charge in [-0.2, -0.15) is 0 Å². The van der Waals surface area contributed by atoms with Crippen molar-refractivity contribution in [2.24, 2.45) is 0 Å². The number of piperazine rings is 1. The number of methoxy groups -OCH3 is 1. The Bertz CT molecular complexity index is 1350. The number of carbonyl (C=O) groups is 4. The maximum atomic E-state index is 13.8. The molecule has 0 aliphatic carbocycles. The van der Waals surface area contributed by atoms with Crippen LogP contribution in [0.25, 0.3) is 11.4 Å². The molecule has 0 saturated carbocycles. The van der Waals surface area contributed by atoms with E-state index in [0.717, 1.165) is 18.4 Å². The highest BCUT2D eigenvalue weighted by Gasteiger charge is 2.32. The Hall–Kier alpha value is -4.26. The minimum atomic E-state index is -1.02. The van der Waals surface area contributed by atoms with Crippen LogP contribution in [-0.2, 0) is 23.8 Å². The molecule has 2 aliphatic rings. The van der Waals surface area contributed by atoms with Crippen LogP contribution in [0.1, 0.15) is 63.9 Å². The van der Waals surface area contributed by atoms with Crippen molar-refractivity contribution in [1.29, 1.82) is 0 Å². The van der Waals surface area contributed by atoms with Gasteiger partial charge in [0, 0.05) is 64.4 Å². The fourth-order valence-electron chi connectivity index (χ4n) is 5.44. The third-order valence-corrected chi connectivity index (χ3v) is 7.85. The summed E-state index contributed by atoms with van der Waals surface area (Å²) in [4.78, 5) is 67.1. The molecule has 1 N–H and O–H groups in total. The number of rotatable bonds is 10. The smallest absolute Gasteiger partial charge is 0.409 e. The van der Waals surface area contributed by atoms with Crippen molar-refractivity contribution >= 4 is 29.7 Å². The fourth-order valence-corrected chi connectivity index (χ4v) is 5.44. The minimum Gasteiger partial charge on any atom is -0.460 e. The number of nitrogens with zero attached hydrogens (tertiary/aromatic N) is 5. The maximum Gasteiger partial charge on any atom is 0.409 e. The topological polar surface area (TPSA) is 144 Å². The van der Waals surface area contributed by atoms with E-state index in [9.17, 15) is 19.2 Å². The third-order valence-electron chi connectivity index (χ3n) is 7.85. The quantitative estimate of drug-likeness (QED) is 0.385. The van der Waals surface area contributed by atoms with Crippen LogP contribution in [0.5, 0.6) is 0 Å². The van der Waals surface area contributed by atoms with Crippen LogP contribution < -0.4 is 10.2 Å². The number of benzene rings is 1. The molecular formula is C33H46N6O7. The van der Waals surface area contributed by atoms with Crippen LogP contribution in [-0.4, -0.2) is 114 Å². The molecule has 13 nitrogen and oxygen atoms in total. The number of carbonyl (C=O) groups excluding carboxylic acids is 4. The van der Waals surface area contributed by atoms with Crippen LogP contribution in [0.2, 0.25) is 0 Å². The maximum absolute atomic E-state index is 13.8. The van der Waals surface area contributed by atoms with Gasteiger partial charge in [-0.25, -0.2) is 14.8 Å². The minimum absolute atomic E-state index is 0.0333. The summed E-state index contributed by atoms with van der Waals surface area (Å²) in [6.07, 6.45) is 1.36. The number of hydrogen-bond acceptors (Lipinski definition) is 10. The number of esters is 1. The first kappa shape index (κ1) is 34.6. The Kier molecular flexibility index (Phi) is 11.9. The molecule has 250 valence electrons. The van der Waals surface area contributed by atoms with E-state index in [1.165, 1.54) is 0 Å². The highest BCUT2D eigenvalue weighted by Crippen LogP contribution is 2.24. The first-order valence-corrected chi connectivity index (χ1v) is 15.9. The number of anilines is 1. The number of piperidine rings is 1. The standard InChI is InChI=1S/C33H46N6O7/c1-6-45-32(43)39-20-18-38(19-21-39)31(42)25(12-13-28(40)46-33(2,3)4)35-30(41)26-22-27(37-16-14-24(44-5)15-17-37)36-29(34-26)23-10-8-7-9-11-23/h7-11,22,24-25H,6,12-21H2,1-5H3,(H,35,41). The molecule has 0 bridgehead atoms. The van der Waals surface area contributed by atoms with Crippen molar-refractivity contribution in [3.8, 4) is 11.4 Å². The second-order valence-electron chi connectivity index (χ2n) is 12.4. The molecule has 2 fully saturated rings. The van der Waals surface area contributed by atoms with Gasteiger partial charge in [0.05, 0.1) is 12.7 Å². The Labute approximate surface area is 270 Å². The molecule has 0 radical (unpaired) electrons. The van der Waals surface area contributed by atoms with E-state index in [1.807, 2.05) is 30.3 Å². The largest absolute Gasteiger partial charge is 0.460 e. The molecule has 3 heterocycles. The van der Waals surface area contributed by atoms with Gasteiger partial charge in [0.2, 0.25) is 5.91 Å². The van der Waals surface area contributed by atoms with Crippen molar-refractivity contribution in [2.75, 3.05) is 57.9 Å². The summed E-state index contributed by atoms with van der Waals surface area (Å²) in [5, 5.41) is 2.86. The molecule has 4 rings (SSSR count). The number of ether oxygens (including phenoxy) is 3. The van der Waals surface area contributed by atoms with Gasteiger partial charge in [-0.15, -0.1) is 0 Å². The Morgan fingerprint density at radius 2 is 1.61 bits per heavy atom. The lowest BCUT2D eigenvalue weighted by Crippen LogP contribution is -2.56. The van der Waals surface area contributed by atoms with Crippen LogP contribution in [0.3, 0.4) is 0 Å². The van der Waals surface area contributed by atoms with Crippen molar-refractivity contribution in [3.63, 3.8) is 0 Å². The lowest BCUT2D eigenvalue weighted by atomic mass is 10.1. The Balaban J connectivity index is 1.56. The number of aromatic nitrogens is 2. The van der Waals surface area contributed by atoms with Gasteiger partial charge < -0.3 is 34.2 Å². The molecule has 0 spiro atoms. The normalized spacial score (nSPS) is 16.5. The highest BCUT2D eigenvalue weighted by atomic mass is 16.6. The van der Waals surface area contributed by atoms with E-state index >= 15 is 0 Å². The summed E-state index contributed by atoms with van der Waals surface area (Å²) in [6.45, 7) is 9.86. The lowest BCUT2D eigenvalue weighted by molar-refractivity contribution is -0.155. The van der Waals surface area contributed by atoms with Crippen LogP contribution in [0, 0.1) is 0 Å². The second-order valence-corrected chi connectivity index (χ2v) is 12.4. The number of nitrogens with one attached hydrogen (secondary N) is 1. The zero-order chi connectivity index (χ0) is 33.3. The van der Waals surface area contributed by atoms with Crippen LogP contribution in [0.15, 0.2) is 36.4 Å². The molecule has 3 amide bonds. The first-order chi connectivity index (χ1) is 22.0. The van der Waals surface area contributed by atoms with Gasteiger partial charge in [-0.1, -0.05) is 30.3 Å². The van der Waals surface area contributed by atoms with Crippen molar-refractivity contribution in [2.45, 2.75) is 71.1 Å². The van der Waals surface area contributed by atoms with Crippen LogP contribution in [0.4, 0.5) is 10.6 Å². The lowest BCUT2D eigenvalue weighted by Gasteiger charge is -2.36. The Morgan fingerprint density at radius 1 is 0.957 bits per heavy atom. The Morgan fingerprint density at radius 3 is 2.22 bits per heavy atom. The van der Waals surface area contributed by atoms with Crippen molar-refractivity contribution in [1.82, 2.24) is 25.1 Å². The summed E-state index contributed by atoms with van der Waals surface area (Å²) in [6, 6.07) is 10.0. The molecule has 13 heteroatoms. The third kappa shape index (κ3) is 9.62. The van der Waals surface area contributed by atoms with E-state index in [4.69, 9.17) is 19.2 Å². The van der Waals surface area contributed by atoms with Gasteiger partial charge in [0.15, 0.2) is 5.82 Å². The summed E-state index contributed by atoms with van der Waals surface area (Å²) in [7, 11) is 1.71. The average Bonchev–Trinajstić information content (AvgIpc) is 3.05. The molecule has 1 unspecified atom stereocenters. The molecule has 1 atom stereocenters. The predicted molar refractivity (Wildman–Crippen MR) is 171 cm³/mol. The first-order valence-electron chi connectivity index (χ1n) is 15.9. The van der Waals surface area contributed by atoms with Gasteiger partial charge in [-0.05, 0) is 47.0 Å². The average molecular weight is 639 g/mol.